The van der Waals surface area contributed by atoms with Crippen LogP contribution < -0.4 is 29.7 Å². The summed E-state index contributed by atoms with van der Waals surface area (Å²) in [5, 5.41) is 12.2. The van der Waals surface area contributed by atoms with Gasteiger partial charge in [0.15, 0.2) is 11.0 Å². The minimum atomic E-state index is -1.07. The van der Waals surface area contributed by atoms with E-state index in [-0.39, 0.29) is 48.3 Å². The van der Waals surface area contributed by atoms with Gasteiger partial charge in [-0.2, -0.15) is 0 Å². The first-order valence-electron chi connectivity index (χ1n) is 16.9. The first-order valence-corrected chi connectivity index (χ1v) is 16.9. The Morgan fingerprint density at radius 1 is 0.815 bits per heavy atom. The average Bonchev–Trinajstić information content (AvgIpc) is 3.76. The number of fused-ring (bicyclic) bond motifs is 4. The molecule has 272 valence electrons. The number of methoxy groups -OCH3 is 3. The van der Waals surface area contributed by atoms with Gasteiger partial charge in [0.2, 0.25) is 11.8 Å². The molecule has 15 heteroatoms. The molecule has 1 saturated heterocycles. The number of carbonyl (C=O) groups is 4. The standard InChI is InChI=1S/C39H31N5O10/c1-50-27-12-13-28(51-2)35-34(27)31(52-3)17-23-26(45)18-30(54-36(23)35)21-9-7-20(8-10-21)24-19-43(42-41-24)15-16-53-29-6-4-5-22-33(29)39(49)44(38(22)48)25-11-14-32(46)40-37(25)47/h4-10,12-13,17-19,25H,11,14-16H2,1-3H3,(H,40,46,47). The van der Waals surface area contributed by atoms with E-state index in [0.29, 0.717) is 56.0 Å². The molecule has 15 nitrogen and oxygen atoms in total. The fourth-order valence-electron chi connectivity index (χ4n) is 6.91. The van der Waals surface area contributed by atoms with Crippen molar-refractivity contribution in [1.29, 1.82) is 0 Å². The van der Waals surface area contributed by atoms with Crippen LogP contribution in [0.2, 0.25) is 0 Å². The van der Waals surface area contributed by atoms with Gasteiger partial charge in [-0.1, -0.05) is 35.5 Å². The van der Waals surface area contributed by atoms with Crippen molar-refractivity contribution in [2.24, 2.45) is 0 Å². The monoisotopic (exact) mass is 729 g/mol. The van der Waals surface area contributed by atoms with Crippen molar-refractivity contribution < 1.29 is 42.5 Å². The van der Waals surface area contributed by atoms with E-state index in [1.54, 1.807) is 48.3 Å². The van der Waals surface area contributed by atoms with Crippen LogP contribution in [-0.2, 0) is 16.1 Å². The molecule has 0 radical (unpaired) electrons. The van der Waals surface area contributed by atoms with Crippen LogP contribution in [0, 0.1) is 0 Å². The summed E-state index contributed by atoms with van der Waals surface area (Å²) in [5.41, 5.74) is 2.27. The van der Waals surface area contributed by atoms with Crippen LogP contribution >= 0.6 is 0 Å². The van der Waals surface area contributed by atoms with Crippen LogP contribution in [0.15, 0.2) is 82.1 Å². The molecule has 4 amide bonds. The second-order valence-corrected chi connectivity index (χ2v) is 12.6. The molecule has 2 aliphatic rings. The number of ether oxygens (including phenoxy) is 4. The lowest BCUT2D eigenvalue weighted by Gasteiger charge is -2.27. The topological polar surface area (TPSA) is 181 Å². The number of carbonyl (C=O) groups excluding carboxylic acids is 4. The van der Waals surface area contributed by atoms with Crippen LogP contribution in [0.1, 0.15) is 33.6 Å². The van der Waals surface area contributed by atoms with E-state index in [1.165, 1.54) is 26.4 Å². The summed E-state index contributed by atoms with van der Waals surface area (Å²) in [6, 6.07) is 17.5. The molecule has 0 bridgehead atoms. The predicted octanol–water partition coefficient (Wildman–Crippen LogP) is 4.38. The van der Waals surface area contributed by atoms with Gasteiger partial charge in [-0.3, -0.25) is 34.2 Å². The molecule has 4 aromatic carbocycles. The number of aromatic nitrogens is 3. The largest absolute Gasteiger partial charge is 0.496 e. The van der Waals surface area contributed by atoms with Crippen molar-refractivity contribution in [2.75, 3.05) is 27.9 Å². The zero-order valence-corrected chi connectivity index (χ0v) is 29.2. The molecule has 1 atom stereocenters. The highest BCUT2D eigenvalue weighted by Gasteiger charge is 2.46. The van der Waals surface area contributed by atoms with Crippen molar-refractivity contribution in [1.82, 2.24) is 25.2 Å². The Kier molecular flexibility index (Phi) is 8.52. The fourth-order valence-corrected chi connectivity index (χ4v) is 6.91. The van der Waals surface area contributed by atoms with E-state index < -0.39 is 29.7 Å². The highest BCUT2D eigenvalue weighted by molar-refractivity contribution is 6.24. The third-order valence-corrected chi connectivity index (χ3v) is 9.53. The Morgan fingerprint density at radius 3 is 2.26 bits per heavy atom. The zero-order chi connectivity index (χ0) is 37.7. The number of imide groups is 2. The maximum atomic E-state index is 13.4. The fraction of sp³-hybridized carbons (Fsp3) is 0.205. The molecular formula is C39H31N5O10. The Labute approximate surface area is 306 Å². The van der Waals surface area contributed by atoms with E-state index in [1.807, 2.05) is 24.3 Å². The van der Waals surface area contributed by atoms with Crippen LogP contribution in [0.5, 0.6) is 23.0 Å². The third kappa shape index (κ3) is 5.66. The smallest absolute Gasteiger partial charge is 0.266 e. The summed E-state index contributed by atoms with van der Waals surface area (Å²) >= 11 is 0. The lowest BCUT2D eigenvalue weighted by atomic mass is 10.0. The highest BCUT2D eigenvalue weighted by Crippen LogP contribution is 2.44. The van der Waals surface area contributed by atoms with Crippen LogP contribution in [0.3, 0.4) is 0 Å². The van der Waals surface area contributed by atoms with Crippen molar-refractivity contribution >= 4 is 45.4 Å². The molecule has 1 fully saturated rings. The molecule has 0 spiro atoms. The number of benzene rings is 4. The molecular weight excluding hydrogens is 698 g/mol. The Morgan fingerprint density at radius 2 is 1.54 bits per heavy atom. The van der Waals surface area contributed by atoms with Gasteiger partial charge in [0.1, 0.15) is 47.1 Å². The van der Waals surface area contributed by atoms with Crippen LogP contribution in [0.4, 0.5) is 0 Å². The predicted molar refractivity (Wildman–Crippen MR) is 193 cm³/mol. The van der Waals surface area contributed by atoms with Crippen molar-refractivity contribution in [3.05, 3.63) is 94.3 Å². The molecule has 1 unspecified atom stereocenters. The molecule has 54 heavy (non-hydrogen) atoms. The van der Waals surface area contributed by atoms with Gasteiger partial charge in [-0.05, 0) is 36.8 Å². The summed E-state index contributed by atoms with van der Waals surface area (Å²) < 4.78 is 30.8. The number of piperidine rings is 1. The van der Waals surface area contributed by atoms with Gasteiger partial charge >= 0.3 is 0 Å². The van der Waals surface area contributed by atoms with Crippen molar-refractivity contribution in [2.45, 2.75) is 25.4 Å². The Hall–Kier alpha value is -7.03. The van der Waals surface area contributed by atoms with E-state index in [4.69, 9.17) is 23.4 Å². The Balaban J connectivity index is 0.992. The number of hydrogen-bond acceptors (Lipinski definition) is 12. The van der Waals surface area contributed by atoms with E-state index in [9.17, 15) is 24.0 Å². The van der Waals surface area contributed by atoms with E-state index in [0.717, 1.165) is 10.5 Å². The summed E-state index contributed by atoms with van der Waals surface area (Å²) in [6.45, 7) is 0.360. The lowest BCUT2D eigenvalue weighted by molar-refractivity contribution is -0.136. The van der Waals surface area contributed by atoms with Crippen molar-refractivity contribution in [3.8, 4) is 45.6 Å². The van der Waals surface area contributed by atoms with Gasteiger partial charge < -0.3 is 23.4 Å². The summed E-state index contributed by atoms with van der Waals surface area (Å²) in [5.74, 6) is -0.362. The molecule has 8 rings (SSSR count). The molecule has 6 aromatic rings. The van der Waals surface area contributed by atoms with Crippen LogP contribution in [0.25, 0.3) is 44.3 Å². The number of nitrogens with zero attached hydrogens (tertiary/aromatic N) is 4. The van der Waals surface area contributed by atoms with Gasteiger partial charge in [0.05, 0.1) is 61.4 Å². The van der Waals surface area contributed by atoms with Gasteiger partial charge in [-0.15, -0.1) is 5.10 Å². The molecule has 0 aliphatic carbocycles. The maximum absolute atomic E-state index is 13.4. The molecule has 1 N–H and O–H groups in total. The first-order chi connectivity index (χ1) is 26.2. The SMILES string of the molecule is COc1ccc(OC)c2c1c(OC)cc1c(=O)cc(-c3ccc(-c4cn(CCOc5cccc6c5C(=O)N(C5CCC(=O)NC5=O)C6=O)nn4)cc3)oc12. The average molecular weight is 730 g/mol. The van der Waals surface area contributed by atoms with E-state index in [2.05, 4.69) is 15.6 Å². The van der Waals surface area contributed by atoms with Gasteiger partial charge in [0, 0.05) is 23.6 Å². The normalized spacial score (nSPS) is 15.5. The maximum Gasteiger partial charge on any atom is 0.266 e. The second-order valence-electron chi connectivity index (χ2n) is 12.6. The summed E-state index contributed by atoms with van der Waals surface area (Å²) in [7, 11) is 4.61. The molecule has 4 heterocycles. The minimum Gasteiger partial charge on any atom is -0.496 e. The number of hydrogen-bond donors (Lipinski definition) is 1. The Bertz CT molecular complexity index is 2590. The lowest BCUT2D eigenvalue weighted by Crippen LogP contribution is -2.54. The number of nitrogens with one attached hydrogen (secondary N) is 1. The minimum absolute atomic E-state index is 0.0278. The number of rotatable bonds is 10. The summed E-state index contributed by atoms with van der Waals surface area (Å²) in [4.78, 5) is 64.8. The van der Waals surface area contributed by atoms with Gasteiger partial charge in [0.25, 0.3) is 11.8 Å². The zero-order valence-electron chi connectivity index (χ0n) is 29.2. The second kappa shape index (κ2) is 13.5. The first kappa shape index (κ1) is 34.1. The third-order valence-electron chi connectivity index (χ3n) is 9.53. The molecule has 0 saturated carbocycles. The molecule has 2 aromatic heterocycles. The molecule has 2 aliphatic heterocycles. The van der Waals surface area contributed by atoms with Crippen molar-refractivity contribution in [3.63, 3.8) is 0 Å². The summed E-state index contributed by atoms with van der Waals surface area (Å²) in [6.07, 6.45) is 1.82. The highest BCUT2D eigenvalue weighted by atomic mass is 16.5. The quantitative estimate of drug-likeness (QED) is 0.156. The number of amides is 4. The van der Waals surface area contributed by atoms with E-state index >= 15 is 0 Å². The van der Waals surface area contributed by atoms with Gasteiger partial charge in [-0.25, -0.2) is 4.68 Å². The van der Waals surface area contributed by atoms with Crippen LogP contribution in [-0.4, -0.2) is 77.5 Å².